The molecule has 7 nitrogen and oxygen atoms in total. The summed E-state index contributed by atoms with van der Waals surface area (Å²) in [6.45, 7) is 1.52. The number of morpholine rings is 1. The summed E-state index contributed by atoms with van der Waals surface area (Å²) in [7, 11) is -0.109. The minimum absolute atomic E-state index is 0.186. The molecule has 2 rings (SSSR count). The molecule has 0 atom stereocenters. The number of hydrazine groups is 1. The first kappa shape index (κ1) is 15.9. The largest absolute Gasteiger partial charge is 0.379 e. The number of hydrogen-bond acceptors (Lipinski definition) is 5. The summed E-state index contributed by atoms with van der Waals surface area (Å²) in [5, 5.41) is 1.53. The highest BCUT2D eigenvalue weighted by atomic mass is 32.2. The molecule has 1 saturated heterocycles. The van der Waals surface area contributed by atoms with E-state index in [1.54, 1.807) is 14.1 Å². The second-order valence-corrected chi connectivity index (χ2v) is 6.81. The summed E-state index contributed by atoms with van der Waals surface area (Å²) in [4.78, 5) is 12.0. The topological polar surface area (TPSA) is 79.0 Å². The number of carbonyl (C=O) groups is 1. The molecule has 0 saturated carbocycles. The van der Waals surface area contributed by atoms with E-state index in [2.05, 4.69) is 5.43 Å². The van der Waals surface area contributed by atoms with Crippen molar-refractivity contribution in [1.29, 1.82) is 0 Å². The molecule has 1 fully saturated rings. The molecule has 1 aliphatic rings. The Hall–Kier alpha value is -1.48. The first-order chi connectivity index (χ1) is 9.91. The van der Waals surface area contributed by atoms with Crippen molar-refractivity contribution >= 4 is 15.9 Å². The standard InChI is InChI=1S/C13H19N3O4S/c1-15(2)14-13(17)11-3-5-12(6-4-11)21(18,19)16-7-9-20-10-8-16/h3-6H,7-10H2,1-2H3,(H,14,17). The van der Waals surface area contributed by atoms with E-state index in [0.29, 0.717) is 31.9 Å². The number of sulfonamides is 1. The first-order valence-corrected chi connectivity index (χ1v) is 8.01. The fourth-order valence-electron chi connectivity index (χ4n) is 1.98. The second-order valence-electron chi connectivity index (χ2n) is 4.88. The number of ether oxygens (including phenoxy) is 1. The van der Waals surface area contributed by atoms with Crippen LogP contribution in [0.3, 0.4) is 0 Å². The fraction of sp³-hybridized carbons (Fsp3) is 0.462. The minimum atomic E-state index is -3.52. The molecular formula is C13H19N3O4S. The van der Waals surface area contributed by atoms with Crippen molar-refractivity contribution < 1.29 is 17.9 Å². The Bertz CT molecular complexity index is 592. The van der Waals surface area contributed by atoms with E-state index in [0.717, 1.165) is 0 Å². The lowest BCUT2D eigenvalue weighted by Gasteiger charge is -2.26. The third-order valence-corrected chi connectivity index (χ3v) is 4.96. The zero-order valence-corrected chi connectivity index (χ0v) is 12.9. The lowest BCUT2D eigenvalue weighted by Crippen LogP contribution is -2.40. The van der Waals surface area contributed by atoms with Crippen molar-refractivity contribution in [3.8, 4) is 0 Å². The Kier molecular flexibility index (Phi) is 4.94. The van der Waals surface area contributed by atoms with Gasteiger partial charge in [0.05, 0.1) is 18.1 Å². The van der Waals surface area contributed by atoms with Crippen molar-refractivity contribution in [3.05, 3.63) is 29.8 Å². The van der Waals surface area contributed by atoms with Gasteiger partial charge in [0.15, 0.2) is 0 Å². The number of nitrogens with one attached hydrogen (secondary N) is 1. The summed E-state index contributed by atoms with van der Waals surface area (Å²) in [6.07, 6.45) is 0. The molecular weight excluding hydrogens is 294 g/mol. The van der Waals surface area contributed by atoms with Crippen molar-refractivity contribution in [2.45, 2.75) is 4.90 Å². The third kappa shape index (κ3) is 3.79. The molecule has 1 N–H and O–H groups in total. The molecule has 0 spiro atoms. The third-order valence-electron chi connectivity index (χ3n) is 3.05. The summed E-state index contributed by atoms with van der Waals surface area (Å²) >= 11 is 0. The molecule has 0 unspecified atom stereocenters. The highest BCUT2D eigenvalue weighted by molar-refractivity contribution is 7.89. The number of rotatable bonds is 4. The lowest BCUT2D eigenvalue weighted by molar-refractivity contribution is 0.0730. The Morgan fingerprint density at radius 2 is 1.76 bits per heavy atom. The van der Waals surface area contributed by atoms with E-state index in [-0.39, 0.29) is 10.8 Å². The Morgan fingerprint density at radius 1 is 1.19 bits per heavy atom. The maximum atomic E-state index is 12.4. The number of benzene rings is 1. The Labute approximate surface area is 124 Å². The number of amides is 1. The monoisotopic (exact) mass is 313 g/mol. The molecule has 1 aromatic carbocycles. The van der Waals surface area contributed by atoms with Gasteiger partial charge < -0.3 is 4.74 Å². The maximum absolute atomic E-state index is 12.4. The highest BCUT2D eigenvalue weighted by Crippen LogP contribution is 2.17. The van der Waals surface area contributed by atoms with Crippen molar-refractivity contribution in [2.75, 3.05) is 40.4 Å². The molecule has 1 heterocycles. The van der Waals surface area contributed by atoms with Crippen LogP contribution in [0.1, 0.15) is 10.4 Å². The molecule has 1 aliphatic heterocycles. The van der Waals surface area contributed by atoms with Gasteiger partial charge in [-0.2, -0.15) is 4.31 Å². The molecule has 21 heavy (non-hydrogen) atoms. The van der Waals surface area contributed by atoms with Crippen LogP contribution in [-0.4, -0.2) is 64.0 Å². The van der Waals surface area contributed by atoms with Crippen LogP contribution >= 0.6 is 0 Å². The van der Waals surface area contributed by atoms with Gasteiger partial charge in [0.25, 0.3) is 5.91 Å². The predicted octanol–water partition coefficient (Wildman–Crippen LogP) is -0.0861. The van der Waals surface area contributed by atoms with Crippen LogP contribution in [0, 0.1) is 0 Å². The van der Waals surface area contributed by atoms with Crippen molar-refractivity contribution in [1.82, 2.24) is 14.7 Å². The second kappa shape index (κ2) is 6.52. The minimum Gasteiger partial charge on any atom is -0.379 e. The van der Waals surface area contributed by atoms with E-state index in [4.69, 9.17) is 4.74 Å². The number of nitrogens with zero attached hydrogens (tertiary/aromatic N) is 2. The van der Waals surface area contributed by atoms with E-state index in [1.165, 1.54) is 33.6 Å². The van der Waals surface area contributed by atoms with Crippen LogP contribution in [0.2, 0.25) is 0 Å². The smallest absolute Gasteiger partial charge is 0.265 e. The molecule has 116 valence electrons. The number of carbonyl (C=O) groups excluding carboxylic acids is 1. The van der Waals surface area contributed by atoms with Gasteiger partial charge in [0, 0.05) is 32.7 Å². The van der Waals surface area contributed by atoms with Gasteiger partial charge in [0.1, 0.15) is 0 Å². The lowest BCUT2D eigenvalue weighted by atomic mass is 10.2. The van der Waals surface area contributed by atoms with Gasteiger partial charge >= 0.3 is 0 Å². The van der Waals surface area contributed by atoms with Crippen LogP contribution in [0.25, 0.3) is 0 Å². The van der Waals surface area contributed by atoms with E-state index < -0.39 is 10.0 Å². The molecule has 0 aromatic heterocycles. The Balaban J connectivity index is 2.16. The molecule has 0 aliphatic carbocycles. The van der Waals surface area contributed by atoms with Crippen LogP contribution in [0.5, 0.6) is 0 Å². The van der Waals surface area contributed by atoms with Crippen LogP contribution in [0.4, 0.5) is 0 Å². The van der Waals surface area contributed by atoms with Gasteiger partial charge in [-0.3, -0.25) is 10.2 Å². The van der Waals surface area contributed by atoms with Crippen LogP contribution in [-0.2, 0) is 14.8 Å². The number of hydrogen-bond donors (Lipinski definition) is 1. The van der Waals surface area contributed by atoms with Crippen LogP contribution < -0.4 is 5.43 Å². The summed E-state index contributed by atoms with van der Waals surface area (Å²) < 4.78 is 31.4. The molecule has 1 amide bonds. The Morgan fingerprint density at radius 3 is 2.29 bits per heavy atom. The van der Waals surface area contributed by atoms with Gasteiger partial charge in [0.2, 0.25) is 10.0 Å². The average Bonchev–Trinajstić information content (AvgIpc) is 2.47. The first-order valence-electron chi connectivity index (χ1n) is 6.57. The predicted molar refractivity (Wildman–Crippen MR) is 77.2 cm³/mol. The van der Waals surface area contributed by atoms with Gasteiger partial charge in [-0.1, -0.05) is 0 Å². The molecule has 0 radical (unpaired) electrons. The van der Waals surface area contributed by atoms with E-state index >= 15 is 0 Å². The highest BCUT2D eigenvalue weighted by Gasteiger charge is 2.26. The average molecular weight is 313 g/mol. The van der Waals surface area contributed by atoms with Crippen molar-refractivity contribution in [3.63, 3.8) is 0 Å². The summed E-state index contributed by atoms with van der Waals surface area (Å²) in [5.74, 6) is -0.282. The zero-order chi connectivity index (χ0) is 15.5. The molecule has 1 aromatic rings. The SMILES string of the molecule is CN(C)NC(=O)c1ccc(S(=O)(=O)N2CCOCC2)cc1. The van der Waals surface area contributed by atoms with Gasteiger partial charge in [-0.15, -0.1) is 0 Å². The quantitative estimate of drug-likeness (QED) is 0.786. The molecule has 0 bridgehead atoms. The summed E-state index contributed by atoms with van der Waals surface area (Å²) in [6, 6.07) is 5.92. The van der Waals surface area contributed by atoms with Gasteiger partial charge in [-0.25, -0.2) is 13.4 Å². The van der Waals surface area contributed by atoms with E-state index in [1.807, 2.05) is 0 Å². The van der Waals surface area contributed by atoms with Crippen molar-refractivity contribution in [2.24, 2.45) is 0 Å². The molecule has 8 heteroatoms. The van der Waals surface area contributed by atoms with E-state index in [9.17, 15) is 13.2 Å². The maximum Gasteiger partial charge on any atom is 0.265 e. The van der Waals surface area contributed by atoms with Crippen LogP contribution in [0.15, 0.2) is 29.2 Å². The fourth-order valence-corrected chi connectivity index (χ4v) is 3.39. The summed E-state index contributed by atoms with van der Waals surface area (Å²) in [5.41, 5.74) is 3.01. The zero-order valence-electron chi connectivity index (χ0n) is 12.1. The normalized spacial score (nSPS) is 16.9. The van der Waals surface area contributed by atoms with Gasteiger partial charge in [-0.05, 0) is 24.3 Å².